The van der Waals surface area contributed by atoms with Crippen LogP contribution in [0.15, 0.2) is 194 Å². The Kier molecular flexibility index (Phi) is 13.4. The van der Waals surface area contributed by atoms with Crippen LogP contribution in [0.25, 0.3) is 0 Å². The van der Waals surface area contributed by atoms with Gasteiger partial charge in [-0.1, -0.05) is 72.2 Å². The second-order valence-corrected chi connectivity index (χ2v) is 15.3. The number of benzene rings is 8. The van der Waals surface area contributed by atoms with Gasteiger partial charge in [0.25, 0.3) is 0 Å². The molecule has 0 aliphatic heterocycles. The van der Waals surface area contributed by atoms with E-state index < -0.39 is 29.3 Å². The van der Waals surface area contributed by atoms with Crippen molar-refractivity contribution in [2.45, 2.75) is 5.41 Å². The van der Waals surface area contributed by atoms with Gasteiger partial charge in [-0.2, -0.15) is 0 Å². The highest BCUT2D eigenvalue weighted by Crippen LogP contribution is 2.46. The molecule has 0 bridgehead atoms. The summed E-state index contributed by atoms with van der Waals surface area (Å²) in [6.45, 7) is 0. The lowest BCUT2D eigenvalue weighted by Crippen LogP contribution is -2.31. The molecule has 328 valence electrons. The second kappa shape index (κ2) is 20.4. The van der Waals surface area contributed by atoms with Crippen molar-refractivity contribution < 1.29 is 38.1 Å². The molecule has 0 N–H and O–H groups in total. The van der Waals surface area contributed by atoms with E-state index >= 15 is 0 Å². The highest BCUT2D eigenvalue weighted by atomic mass is 16.5. The topological polar surface area (TPSA) is 105 Å². The van der Waals surface area contributed by atoms with Crippen LogP contribution in [0.1, 0.15) is 85.9 Å². The lowest BCUT2D eigenvalue weighted by atomic mass is 9.65. The quantitative estimate of drug-likeness (QED) is 0.0517. The van der Waals surface area contributed by atoms with Gasteiger partial charge in [-0.25, -0.2) is 19.2 Å². The van der Waals surface area contributed by atoms with Gasteiger partial charge in [0.05, 0.1) is 27.7 Å². The van der Waals surface area contributed by atoms with Gasteiger partial charge in [0.1, 0.15) is 23.0 Å². The fraction of sp³-hybridized carbons (Fsp3) is 0.0164. The molecule has 0 radical (unpaired) electrons. The monoisotopic (exact) mass is 896 g/mol. The van der Waals surface area contributed by atoms with Crippen molar-refractivity contribution >= 4 is 23.9 Å². The Morgan fingerprint density at radius 2 is 0.449 bits per heavy atom. The zero-order chi connectivity index (χ0) is 48.3. The number of terminal acetylenes is 4. The number of hydrogen-bond donors (Lipinski definition) is 0. The Bertz CT molecular complexity index is 2890. The Balaban J connectivity index is 1.22. The van der Waals surface area contributed by atoms with Crippen LogP contribution in [0.5, 0.6) is 23.0 Å². The number of carbonyl (C=O) groups excluding carboxylic acids is 4. The van der Waals surface area contributed by atoms with E-state index in [1.54, 1.807) is 194 Å². The van der Waals surface area contributed by atoms with Crippen molar-refractivity contribution in [3.05, 3.63) is 261 Å². The highest BCUT2D eigenvalue weighted by molar-refractivity contribution is 5.93. The molecule has 69 heavy (non-hydrogen) atoms. The average molecular weight is 897 g/mol. The third-order valence-corrected chi connectivity index (χ3v) is 11.1. The normalized spacial score (nSPS) is 10.5. The summed E-state index contributed by atoms with van der Waals surface area (Å²) in [5.74, 6) is 8.98. The second-order valence-electron chi connectivity index (χ2n) is 15.3. The molecule has 8 aromatic rings. The molecule has 8 nitrogen and oxygen atoms in total. The molecule has 0 amide bonds. The summed E-state index contributed by atoms with van der Waals surface area (Å²) in [5.41, 5.74) is 4.95. The van der Waals surface area contributed by atoms with E-state index in [-0.39, 0.29) is 22.3 Å². The van der Waals surface area contributed by atoms with Crippen LogP contribution in [0.4, 0.5) is 0 Å². The summed E-state index contributed by atoms with van der Waals surface area (Å²) in [5, 5.41) is 0. The van der Waals surface area contributed by atoms with Gasteiger partial charge in [0, 0.05) is 22.3 Å². The fourth-order valence-corrected chi connectivity index (χ4v) is 7.57. The molecule has 0 saturated carbocycles. The van der Waals surface area contributed by atoms with E-state index in [1.807, 2.05) is 0 Å². The summed E-state index contributed by atoms with van der Waals surface area (Å²) in [6.07, 6.45) is 22.0. The number of carbonyl (C=O) groups is 4. The fourth-order valence-electron chi connectivity index (χ4n) is 7.57. The van der Waals surface area contributed by atoms with Crippen LogP contribution in [0.3, 0.4) is 0 Å². The summed E-state index contributed by atoms with van der Waals surface area (Å²) >= 11 is 0. The lowest BCUT2D eigenvalue weighted by Gasteiger charge is -2.37. The van der Waals surface area contributed by atoms with Crippen molar-refractivity contribution in [3.63, 3.8) is 0 Å². The molecule has 0 atom stereocenters. The molecule has 0 aromatic heterocycles. The third kappa shape index (κ3) is 10.1. The first-order chi connectivity index (χ1) is 33.6. The summed E-state index contributed by atoms with van der Waals surface area (Å²) in [6, 6.07) is 53.8. The molecule has 8 aromatic carbocycles. The van der Waals surface area contributed by atoms with Gasteiger partial charge in [-0.05, 0) is 168 Å². The first kappa shape index (κ1) is 45.4. The number of hydrogen-bond acceptors (Lipinski definition) is 8. The van der Waals surface area contributed by atoms with Crippen LogP contribution in [0, 0.1) is 49.4 Å². The van der Waals surface area contributed by atoms with Gasteiger partial charge in [-0.3, -0.25) is 0 Å². The molecule has 0 spiro atoms. The van der Waals surface area contributed by atoms with Crippen molar-refractivity contribution in [1.82, 2.24) is 0 Å². The van der Waals surface area contributed by atoms with Crippen molar-refractivity contribution in [2.24, 2.45) is 0 Å². The maximum Gasteiger partial charge on any atom is 0.343 e. The summed E-state index contributed by atoms with van der Waals surface area (Å²) < 4.78 is 22.7. The Hall–Kier alpha value is -10.1. The molecular formula is C61H36O8. The van der Waals surface area contributed by atoms with E-state index in [1.165, 1.54) is 0 Å². The third-order valence-electron chi connectivity index (χ3n) is 11.1. The van der Waals surface area contributed by atoms with Gasteiger partial charge < -0.3 is 18.9 Å². The van der Waals surface area contributed by atoms with Crippen LogP contribution >= 0.6 is 0 Å². The standard InChI is InChI=1S/C61H36O8/c1-5-41-9-33-53(34-10-41)66-57(62)45-17-25-49(26-18-45)61(50-27-19-46(20-28-50)58(63)67-54-35-11-42(6-2)12-36-54,51-29-21-47(22-30-51)59(64)68-55-37-13-43(7-3)14-38-55)52-31-23-48(24-32-52)60(65)69-56-39-15-44(8-4)16-40-56/h1-4,9-40H. The Morgan fingerprint density at radius 1 is 0.275 bits per heavy atom. The van der Waals surface area contributed by atoms with Crippen molar-refractivity contribution in [2.75, 3.05) is 0 Å². The Morgan fingerprint density at radius 3 is 0.609 bits per heavy atom. The van der Waals surface area contributed by atoms with Crippen molar-refractivity contribution in [1.29, 1.82) is 0 Å². The van der Waals surface area contributed by atoms with Crippen LogP contribution in [0.2, 0.25) is 0 Å². The van der Waals surface area contributed by atoms with E-state index in [4.69, 9.17) is 44.6 Å². The number of rotatable bonds is 12. The molecule has 0 heterocycles. The van der Waals surface area contributed by atoms with E-state index in [9.17, 15) is 19.2 Å². The predicted octanol–water partition coefficient (Wildman–Crippen LogP) is 10.9. The van der Waals surface area contributed by atoms with Gasteiger partial charge in [0.2, 0.25) is 0 Å². The van der Waals surface area contributed by atoms with Crippen molar-refractivity contribution in [3.8, 4) is 72.4 Å². The minimum atomic E-state index is -1.25. The lowest BCUT2D eigenvalue weighted by molar-refractivity contribution is 0.0725. The Labute approximate surface area is 399 Å². The summed E-state index contributed by atoms with van der Waals surface area (Å²) in [7, 11) is 0. The average Bonchev–Trinajstić information content (AvgIpc) is 3.40. The molecule has 0 unspecified atom stereocenters. The van der Waals surface area contributed by atoms with Crippen LogP contribution in [-0.2, 0) is 5.41 Å². The SMILES string of the molecule is C#Cc1ccc(OC(=O)c2ccc(C(c3ccc(C(=O)Oc4ccc(C#C)cc4)cc3)(c3ccc(C(=O)Oc4ccc(C#C)cc4)cc3)c3ccc(C(=O)Oc4ccc(C#C)cc4)cc3)cc2)cc1. The van der Waals surface area contributed by atoms with Gasteiger partial charge in [-0.15, -0.1) is 25.7 Å². The minimum Gasteiger partial charge on any atom is -0.423 e. The maximum absolute atomic E-state index is 13.5. The number of ether oxygens (including phenoxy) is 4. The largest absolute Gasteiger partial charge is 0.423 e. The number of esters is 4. The van der Waals surface area contributed by atoms with Crippen LogP contribution < -0.4 is 18.9 Å². The first-order valence-corrected chi connectivity index (χ1v) is 21.2. The molecule has 0 fully saturated rings. The molecule has 8 heteroatoms. The van der Waals surface area contributed by atoms with E-state index in [2.05, 4.69) is 23.7 Å². The molecule has 0 aliphatic carbocycles. The predicted molar refractivity (Wildman–Crippen MR) is 262 cm³/mol. The zero-order valence-electron chi connectivity index (χ0n) is 36.6. The molecule has 0 aliphatic rings. The molecule has 8 rings (SSSR count). The molecule has 0 saturated heterocycles. The van der Waals surface area contributed by atoms with E-state index in [0.29, 0.717) is 67.5 Å². The van der Waals surface area contributed by atoms with Gasteiger partial charge in [0.15, 0.2) is 0 Å². The smallest absolute Gasteiger partial charge is 0.343 e. The highest BCUT2D eigenvalue weighted by Gasteiger charge is 2.39. The first-order valence-electron chi connectivity index (χ1n) is 21.2. The molecular weight excluding hydrogens is 861 g/mol. The van der Waals surface area contributed by atoms with Crippen LogP contribution in [-0.4, -0.2) is 23.9 Å². The summed E-state index contributed by atoms with van der Waals surface area (Å²) in [4.78, 5) is 54.1. The minimum absolute atomic E-state index is 0.254. The van der Waals surface area contributed by atoms with E-state index in [0.717, 1.165) is 0 Å². The van der Waals surface area contributed by atoms with Gasteiger partial charge >= 0.3 is 23.9 Å². The zero-order valence-corrected chi connectivity index (χ0v) is 36.6. The maximum atomic E-state index is 13.5.